The Morgan fingerprint density at radius 3 is 2.34 bits per heavy atom. The molecule has 0 aromatic heterocycles. The number of aliphatic hydroxyl groups is 1. The molecule has 4 aliphatic rings. The van der Waals surface area contributed by atoms with E-state index in [-0.39, 0.29) is 11.7 Å². The van der Waals surface area contributed by atoms with Crippen LogP contribution in [-0.2, 0) is 4.74 Å². The highest BCUT2D eigenvalue weighted by Gasteiger charge is 2.60. The molecule has 2 heteroatoms. The smallest absolute Gasteiger partial charge is 0.0598 e. The standard InChI is InChI=1S/C27H48O2/c1-18(13-16-29-25(2,3)4)22-9-10-23-21-8-7-19-17-20(28)11-14-26(19,5)24(21)12-15-27(22,23)6/h18-24,28H,7-17H2,1-6H3/t18-,19?,20-,21?,22?,23?,24?,26+,27-/m1/s1. The van der Waals surface area contributed by atoms with Gasteiger partial charge < -0.3 is 9.84 Å². The lowest BCUT2D eigenvalue weighted by molar-refractivity contribution is -0.129. The Labute approximate surface area is 180 Å². The maximum Gasteiger partial charge on any atom is 0.0598 e. The molecule has 168 valence electrons. The number of hydrogen-bond donors (Lipinski definition) is 1. The fourth-order valence-corrected chi connectivity index (χ4v) is 8.96. The quantitative estimate of drug-likeness (QED) is 0.555. The predicted molar refractivity (Wildman–Crippen MR) is 121 cm³/mol. The molecule has 0 aliphatic heterocycles. The summed E-state index contributed by atoms with van der Waals surface area (Å²) in [6.07, 6.45) is 13.2. The van der Waals surface area contributed by atoms with Crippen LogP contribution in [0.25, 0.3) is 0 Å². The first-order valence-corrected chi connectivity index (χ1v) is 12.9. The summed E-state index contributed by atoms with van der Waals surface area (Å²) in [7, 11) is 0. The van der Waals surface area contributed by atoms with Gasteiger partial charge in [-0.05, 0) is 131 Å². The maximum absolute atomic E-state index is 10.3. The van der Waals surface area contributed by atoms with Gasteiger partial charge in [-0.15, -0.1) is 0 Å². The van der Waals surface area contributed by atoms with Gasteiger partial charge in [0.05, 0.1) is 11.7 Å². The second-order valence-electron chi connectivity index (χ2n) is 13.0. The molecule has 4 rings (SSSR count). The molecule has 4 fully saturated rings. The summed E-state index contributed by atoms with van der Waals surface area (Å²) < 4.78 is 6.08. The first-order chi connectivity index (χ1) is 13.5. The number of rotatable bonds is 4. The third kappa shape index (κ3) is 3.95. The zero-order chi connectivity index (χ0) is 21.0. The molecule has 4 aliphatic carbocycles. The monoisotopic (exact) mass is 404 g/mol. The van der Waals surface area contributed by atoms with Gasteiger partial charge in [0.1, 0.15) is 0 Å². The van der Waals surface area contributed by atoms with Gasteiger partial charge in [-0.1, -0.05) is 20.8 Å². The van der Waals surface area contributed by atoms with Crippen LogP contribution in [0.2, 0.25) is 0 Å². The van der Waals surface area contributed by atoms with Crippen molar-refractivity contribution < 1.29 is 9.84 Å². The average Bonchev–Trinajstić information content (AvgIpc) is 2.98. The summed E-state index contributed by atoms with van der Waals surface area (Å²) in [4.78, 5) is 0. The van der Waals surface area contributed by atoms with Crippen molar-refractivity contribution in [3.05, 3.63) is 0 Å². The van der Waals surface area contributed by atoms with Crippen molar-refractivity contribution in [3.63, 3.8) is 0 Å². The fourth-order valence-electron chi connectivity index (χ4n) is 8.96. The normalized spacial score (nSPS) is 48.5. The first-order valence-electron chi connectivity index (χ1n) is 12.9. The minimum atomic E-state index is -0.0227. The molecule has 0 radical (unpaired) electrons. The molecule has 0 amide bonds. The van der Waals surface area contributed by atoms with Crippen LogP contribution in [0.5, 0.6) is 0 Å². The minimum absolute atomic E-state index is 0.0124. The second kappa shape index (κ2) is 7.80. The van der Waals surface area contributed by atoms with Crippen LogP contribution in [0.4, 0.5) is 0 Å². The molecule has 0 spiro atoms. The highest BCUT2D eigenvalue weighted by atomic mass is 16.5. The average molecular weight is 405 g/mol. The van der Waals surface area contributed by atoms with Crippen LogP contribution >= 0.6 is 0 Å². The zero-order valence-electron chi connectivity index (χ0n) is 20.2. The van der Waals surface area contributed by atoms with Crippen molar-refractivity contribution in [3.8, 4) is 0 Å². The first kappa shape index (κ1) is 22.1. The number of aliphatic hydroxyl groups excluding tert-OH is 1. The molecule has 1 N–H and O–H groups in total. The molecule has 2 nitrogen and oxygen atoms in total. The lowest BCUT2D eigenvalue weighted by Crippen LogP contribution is -2.54. The molecular weight excluding hydrogens is 356 g/mol. The molecule has 0 saturated heterocycles. The second-order valence-corrected chi connectivity index (χ2v) is 13.0. The maximum atomic E-state index is 10.3. The molecule has 0 aromatic rings. The topological polar surface area (TPSA) is 29.5 Å². The van der Waals surface area contributed by atoms with Crippen molar-refractivity contribution in [2.75, 3.05) is 6.61 Å². The largest absolute Gasteiger partial charge is 0.393 e. The lowest BCUT2D eigenvalue weighted by atomic mass is 9.44. The van der Waals surface area contributed by atoms with Gasteiger partial charge >= 0.3 is 0 Å². The van der Waals surface area contributed by atoms with E-state index in [2.05, 4.69) is 41.5 Å². The zero-order valence-corrected chi connectivity index (χ0v) is 20.2. The molecule has 0 bridgehead atoms. The number of hydrogen-bond acceptors (Lipinski definition) is 2. The van der Waals surface area contributed by atoms with Gasteiger partial charge in [0.25, 0.3) is 0 Å². The van der Waals surface area contributed by atoms with Crippen molar-refractivity contribution >= 4 is 0 Å². The van der Waals surface area contributed by atoms with E-state index >= 15 is 0 Å². The molecular formula is C27H48O2. The van der Waals surface area contributed by atoms with E-state index in [0.29, 0.717) is 10.8 Å². The van der Waals surface area contributed by atoms with Gasteiger partial charge in [0.2, 0.25) is 0 Å². The molecule has 4 saturated carbocycles. The van der Waals surface area contributed by atoms with Crippen LogP contribution in [-0.4, -0.2) is 23.4 Å². The predicted octanol–water partition coefficient (Wildman–Crippen LogP) is 6.85. The van der Waals surface area contributed by atoms with Crippen LogP contribution < -0.4 is 0 Å². The summed E-state index contributed by atoms with van der Waals surface area (Å²) in [6.45, 7) is 15.2. The Bertz CT molecular complexity index is 580. The highest BCUT2D eigenvalue weighted by molar-refractivity contribution is 5.09. The van der Waals surface area contributed by atoms with E-state index < -0.39 is 0 Å². The Morgan fingerprint density at radius 1 is 0.931 bits per heavy atom. The summed E-state index contributed by atoms with van der Waals surface area (Å²) in [6, 6.07) is 0. The summed E-state index contributed by atoms with van der Waals surface area (Å²) in [5, 5.41) is 10.3. The van der Waals surface area contributed by atoms with Crippen LogP contribution in [0.1, 0.15) is 106 Å². The minimum Gasteiger partial charge on any atom is -0.393 e. The molecule has 0 aromatic carbocycles. The third-order valence-electron chi connectivity index (χ3n) is 10.5. The number of ether oxygens (including phenoxy) is 1. The molecule has 29 heavy (non-hydrogen) atoms. The van der Waals surface area contributed by atoms with Gasteiger partial charge in [-0.2, -0.15) is 0 Å². The van der Waals surface area contributed by atoms with E-state index in [1.165, 1.54) is 51.4 Å². The van der Waals surface area contributed by atoms with E-state index in [9.17, 15) is 5.11 Å². The number of fused-ring (bicyclic) bond motifs is 5. The van der Waals surface area contributed by atoms with Crippen molar-refractivity contribution in [2.24, 2.45) is 46.3 Å². The van der Waals surface area contributed by atoms with Gasteiger partial charge in [0, 0.05) is 6.61 Å². The fraction of sp³-hybridized carbons (Fsp3) is 1.00. The van der Waals surface area contributed by atoms with Gasteiger partial charge in [-0.3, -0.25) is 0 Å². The van der Waals surface area contributed by atoms with Gasteiger partial charge in [-0.25, -0.2) is 0 Å². The highest BCUT2D eigenvalue weighted by Crippen LogP contribution is 2.68. The van der Waals surface area contributed by atoms with E-state index in [1.54, 1.807) is 0 Å². The summed E-state index contributed by atoms with van der Waals surface area (Å²) in [5.41, 5.74) is 1.05. The Balaban J connectivity index is 1.44. The van der Waals surface area contributed by atoms with Crippen molar-refractivity contribution in [1.82, 2.24) is 0 Å². The van der Waals surface area contributed by atoms with Crippen LogP contribution in [0, 0.1) is 46.3 Å². The summed E-state index contributed by atoms with van der Waals surface area (Å²) in [5.74, 6) is 5.26. The molecule has 9 atom stereocenters. The third-order valence-corrected chi connectivity index (χ3v) is 10.5. The van der Waals surface area contributed by atoms with E-state index in [1.807, 2.05) is 0 Å². The van der Waals surface area contributed by atoms with Crippen LogP contribution in [0.15, 0.2) is 0 Å². The Morgan fingerprint density at radius 2 is 1.62 bits per heavy atom. The van der Waals surface area contributed by atoms with Crippen LogP contribution in [0.3, 0.4) is 0 Å². The SMILES string of the molecule is C[C@H](CCOC(C)(C)C)C1CCC2C3CCC4C[C@H](O)CC[C@]4(C)C3CC[C@@]21C. The Hall–Kier alpha value is -0.0800. The van der Waals surface area contributed by atoms with E-state index in [4.69, 9.17) is 4.74 Å². The summed E-state index contributed by atoms with van der Waals surface area (Å²) >= 11 is 0. The molecule has 5 unspecified atom stereocenters. The molecule has 0 heterocycles. The van der Waals surface area contributed by atoms with Gasteiger partial charge in [0.15, 0.2) is 0 Å². The lowest BCUT2D eigenvalue weighted by Gasteiger charge is -2.61. The van der Waals surface area contributed by atoms with E-state index in [0.717, 1.165) is 55.0 Å². The van der Waals surface area contributed by atoms with Crippen molar-refractivity contribution in [1.29, 1.82) is 0 Å². The Kier molecular flexibility index (Phi) is 5.95. The van der Waals surface area contributed by atoms with Crippen molar-refractivity contribution in [2.45, 2.75) is 117 Å².